The van der Waals surface area contributed by atoms with E-state index in [9.17, 15) is 10.1 Å². The molecular formula is C13H12N2O3S. The second-order valence-corrected chi connectivity index (χ2v) is 4.75. The molecule has 0 spiro atoms. The molecule has 19 heavy (non-hydrogen) atoms. The molecule has 0 saturated carbocycles. The molecule has 0 atom stereocenters. The lowest BCUT2D eigenvalue weighted by Gasteiger charge is -2.06. The lowest BCUT2D eigenvalue weighted by molar-refractivity contribution is -0.385. The van der Waals surface area contributed by atoms with Gasteiger partial charge in [0, 0.05) is 11.8 Å². The molecule has 2 rings (SSSR count). The summed E-state index contributed by atoms with van der Waals surface area (Å²) in [5.74, 6) is 1.12. The molecule has 1 aromatic carbocycles. The number of hydrogen-bond acceptors (Lipinski definition) is 5. The lowest BCUT2D eigenvalue weighted by Crippen LogP contribution is -1.94. The molecule has 1 aromatic heterocycles. The van der Waals surface area contributed by atoms with Gasteiger partial charge in [0.05, 0.1) is 16.9 Å². The molecular weight excluding hydrogens is 264 g/mol. The van der Waals surface area contributed by atoms with Crippen LogP contribution in [0.1, 0.15) is 5.56 Å². The molecule has 98 valence electrons. The minimum absolute atomic E-state index is 0.0311. The number of pyridine rings is 1. The first-order valence-corrected chi connectivity index (χ1v) is 6.54. The first-order valence-electron chi connectivity index (χ1n) is 5.56. The Hall–Kier alpha value is -2.08. The lowest BCUT2D eigenvalue weighted by atomic mass is 10.2. The van der Waals surface area contributed by atoms with Crippen LogP contribution >= 0.6 is 11.8 Å². The molecule has 0 N–H and O–H groups in total. The van der Waals surface area contributed by atoms with Crippen LogP contribution in [0.15, 0.2) is 47.5 Å². The number of hydrogen-bond donors (Lipinski definition) is 0. The fraction of sp³-hybridized carbons (Fsp3) is 0.154. The fourth-order valence-corrected chi connectivity index (χ4v) is 2.49. The van der Waals surface area contributed by atoms with Crippen LogP contribution in [0.2, 0.25) is 0 Å². The minimum atomic E-state index is -0.459. The summed E-state index contributed by atoms with van der Waals surface area (Å²) in [4.78, 5) is 14.9. The number of nitrogens with zero attached hydrogens (tertiary/aromatic N) is 2. The fourth-order valence-electron chi connectivity index (χ4n) is 1.51. The predicted octanol–water partition coefficient (Wildman–Crippen LogP) is 3.29. The number of rotatable bonds is 5. The van der Waals surface area contributed by atoms with Gasteiger partial charge in [0.2, 0.25) is 5.88 Å². The van der Waals surface area contributed by atoms with Crippen molar-refractivity contribution < 1.29 is 9.66 Å². The van der Waals surface area contributed by atoms with Crippen molar-refractivity contribution in [2.24, 2.45) is 0 Å². The maximum Gasteiger partial charge on any atom is 0.288 e. The largest absolute Gasteiger partial charge is 0.480 e. The van der Waals surface area contributed by atoms with E-state index in [0.29, 0.717) is 16.5 Å². The Morgan fingerprint density at radius 3 is 2.74 bits per heavy atom. The highest BCUT2D eigenvalue weighted by Gasteiger charge is 2.13. The second kappa shape index (κ2) is 6.19. The van der Waals surface area contributed by atoms with Crippen molar-refractivity contribution in [3.05, 3.63) is 58.3 Å². The summed E-state index contributed by atoms with van der Waals surface area (Å²) in [5.41, 5.74) is 1.11. The summed E-state index contributed by atoms with van der Waals surface area (Å²) < 4.78 is 5.11. The van der Waals surface area contributed by atoms with Crippen LogP contribution < -0.4 is 4.74 Å². The summed E-state index contributed by atoms with van der Waals surface area (Å²) in [7, 11) is 1.50. The number of benzene rings is 1. The van der Waals surface area contributed by atoms with E-state index >= 15 is 0 Å². The van der Waals surface area contributed by atoms with Crippen molar-refractivity contribution in [2.45, 2.75) is 10.6 Å². The van der Waals surface area contributed by atoms with Crippen LogP contribution in [0.25, 0.3) is 0 Å². The molecule has 0 aliphatic rings. The molecule has 6 heteroatoms. The number of thioether (sulfide) groups is 1. The van der Waals surface area contributed by atoms with Gasteiger partial charge in [0.1, 0.15) is 6.20 Å². The Labute approximate surface area is 114 Å². The second-order valence-electron chi connectivity index (χ2n) is 3.73. The van der Waals surface area contributed by atoms with E-state index in [0.717, 1.165) is 5.56 Å². The normalized spacial score (nSPS) is 10.2. The Balaban J connectivity index is 2.18. The van der Waals surface area contributed by atoms with Crippen LogP contribution in [0.4, 0.5) is 5.69 Å². The standard InChI is InChI=1S/C13H12N2O3S/c1-18-13-12(7-11(8-14-13)15(16)17)19-9-10-5-3-2-4-6-10/h2-8H,9H2,1H3. The Kier molecular flexibility index (Phi) is 4.35. The molecule has 0 unspecified atom stereocenters. The van der Waals surface area contributed by atoms with E-state index in [1.165, 1.54) is 31.1 Å². The minimum Gasteiger partial charge on any atom is -0.480 e. The third-order valence-electron chi connectivity index (χ3n) is 2.45. The van der Waals surface area contributed by atoms with E-state index in [1.54, 1.807) is 0 Å². The average molecular weight is 276 g/mol. The molecule has 5 nitrogen and oxygen atoms in total. The molecule has 0 amide bonds. The van der Waals surface area contributed by atoms with E-state index < -0.39 is 4.92 Å². The topological polar surface area (TPSA) is 65.3 Å². The van der Waals surface area contributed by atoms with Gasteiger partial charge in [0.25, 0.3) is 5.69 Å². The maximum atomic E-state index is 10.7. The summed E-state index contributed by atoms with van der Waals surface area (Å²) >= 11 is 1.46. The molecule has 0 aliphatic carbocycles. The maximum absolute atomic E-state index is 10.7. The van der Waals surface area contributed by atoms with Crippen LogP contribution in [0, 0.1) is 10.1 Å². The van der Waals surface area contributed by atoms with Gasteiger partial charge in [0.15, 0.2) is 0 Å². The summed E-state index contributed by atoms with van der Waals surface area (Å²) in [6.07, 6.45) is 1.20. The van der Waals surface area contributed by atoms with E-state index in [4.69, 9.17) is 4.74 Å². The van der Waals surface area contributed by atoms with Gasteiger partial charge >= 0.3 is 0 Å². The zero-order valence-electron chi connectivity index (χ0n) is 10.3. The molecule has 0 saturated heterocycles. The van der Waals surface area contributed by atoms with Gasteiger partial charge in [-0.3, -0.25) is 10.1 Å². The van der Waals surface area contributed by atoms with Gasteiger partial charge < -0.3 is 4.74 Å². The van der Waals surface area contributed by atoms with Crippen molar-refractivity contribution in [3.63, 3.8) is 0 Å². The van der Waals surface area contributed by atoms with Gasteiger partial charge in [-0.2, -0.15) is 0 Å². The van der Waals surface area contributed by atoms with Crippen LogP contribution in [0.3, 0.4) is 0 Å². The molecule has 1 heterocycles. The van der Waals surface area contributed by atoms with Crippen molar-refractivity contribution in [1.82, 2.24) is 4.98 Å². The first kappa shape index (κ1) is 13.4. The van der Waals surface area contributed by atoms with Gasteiger partial charge in [-0.05, 0) is 5.56 Å². The Bertz CT molecular complexity index is 575. The monoisotopic (exact) mass is 276 g/mol. The number of ether oxygens (including phenoxy) is 1. The van der Waals surface area contributed by atoms with Crippen molar-refractivity contribution in [2.75, 3.05) is 7.11 Å². The van der Waals surface area contributed by atoms with Crippen LogP contribution in [0.5, 0.6) is 5.88 Å². The molecule has 0 fully saturated rings. The first-order chi connectivity index (χ1) is 9.20. The summed E-state index contributed by atoms with van der Waals surface area (Å²) in [6.45, 7) is 0. The quantitative estimate of drug-likeness (QED) is 0.476. The number of methoxy groups -OCH3 is 1. The Morgan fingerprint density at radius 1 is 1.37 bits per heavy atom. The highest BCUT2D eigenvalue weighted by Crippen LogP contribution is 2.32. The van der Waals surface area contributed by atoms with E-state index in [1.807, 2.05) is 30.3 Å². The summed E-state index contributed by atoms with van der Waals surface area (Å²) in [6, 6.07) is 11.4. The third kappa shape index (κ3) is 3.45. The highest BCUT2D eigenvalue weighted by atomic mass is 32.2. The van der Waals surface area contributed by atoms with Crippen molar-refractivity contribution >= 4 is 17.4 Å². The predicted molar refractivity (Wildman–Crippen MR) is 73.4 cm³/mol. The van der Waals surface area contributed by atoms with Gasteiger partial charge in [-0.25, -0.2) is 4.98 Å². The van der Waals surface area contributed by atoms with E-state index in [-0.39, 0.29) is 5.69 Å². The van der Waals surface area contributed by atoms with Crippen LogP contribution in [-0.2, 0) is 5.75 Å². The molecule has 0 radical (unpaired) electrons. The molecule has 0 aliphatic heterocycles. The number of aromatic nitrogens is 1. The van der Waals surface area contributed by atoms with Crippen molar-refractivity contribution in [3.8, 4) is 5.88 Å². The van der Waals surface area contributed by atoms with Crippen molar-refractivity contribution in [1.29, 1.82) is 0 Å². The summed E-state index contributed by atoms with van der Waals surface area (Å²) in [5, 5.41) is 10.7. The molecule has 0 bridgehead atoms. The Morgan fingerprint density at radius 2 is 2.11 bits per heavy atom. The zero-order valence-corrected chi connectivity index (χ0v) is 11.1. The highest BCUT2D eigenvalue weighted by molar-refractivity contribution is 7.98. The van der Waals surface area contributed by atoms with Crippen LogP contribution in [-0.4, -0.2) is 17.0 Å². The average Bonchev–Trinajstić information content (AvgIpc) is 2.45. The van der Waals surface area contributed by atoms with E-state index in [2.05, 4.69) is 4.98 Å². The van der Waals surface area contributed by atoms with Gasteiger partial charge in [-0.15, -0.1) is 11.8 Å². The number of nitro groups is 1. The smallest absolute Gasteiger partial charge is 0.288 e. The van der Waals surface area contributed by atoms with Gasteiger partial charge in [-0.1, -0.05) is 30.3 Å². The SMILES string of the molecule is COc1ncc([N+](=O)[O-])cc1SCc1ccccc1. The third-order valence-corrected chi connectivity index (χ3v) is 3.53. The molecule has 2 aromatic rings. The zero-order chi connectivity index (χ0) is 13.7.